The maximum absolute atomic E-state index is 13.3. The molecule has 0 radical (unpaired) electrons. The molecule has 7 heteroatoms. The van der Waals surface area contributed by atoms with Gasteiger partial charge in [-0.25, -0.2) is 9.18 Å². The zero-order chi connectivity index (χ0) is 20.3. The minimum atomic E-state index is -1.07. The van der Waals surface area contributed by atoms with E-state index in [1.54, 1.807) is 43.4 Å². The van der Waals surface area contributed by atoms with Crippen molar-refractivity contribution < 1.29 is 18.7 Å². The van der Waals surface area contributed by atoms with Crippen LogP contribution in [0, 0.1) is 5.82 Å². The number of H-pyrrole nitrogens is 1. The average Bonchev–Trinajstić information content (AvgIpc) is 2.66. The third-order valence-corrected chi connectivity index (χ3v) is 4.29. The number of carbonyl (C=O) groups is 2. The first-order chi connectivity index (χ1) is 13.3. The predicted molar refractivity (Wildman–Crippen MR) is 102 cm³/mol. The van der Waals surface area contributed by atoms with Crippen molar-refractivity contribution in [1.29, 1.82) is 0 Å². The number of benzene rings is 2. The van der Waals surface area contributed by atoms with Gasteiger partial charge in [-0.15, -0.1) is 0 Å². The van der Waals surface area contributed by atoms with Crippen LogP contribution in [0.1, 0.15) is 22.8 Å². The molecule has 1 N–H and O–H groups in total. The molecule has 0 aliphatic heterocycles. The fourth-order valence-corrected chi connectivity index (χ4v) is 2.95. The zero-order valence-corrected chi connectivity index (χ0v) is 15.4. The lowest BCUT2D eigenvalue weighted by atomic mass is 10.1. The van der Waals surface area contributed by atoms with Crippen molar-refractivity contribution in [2.24, 2.45) is 0 Å². The van der Waals surface area contributed by atoms with E-state index in [1.807, 2.05) is 0 Å². The Morgan fingerprint density at radius 2 is 1.89 bits per heavy atom. The molecule has 6 nitrogen and oxygen atoms in total. The highest BCUT2D eigenvalue weighted by Gasteiger charge is 2.23. The van der Waals surface area contributed by atoms with Crippen LogP contribution in [0.5, 0.6) is 0 Å². The Morgan fingerprint density at radius 3 is 2.64 bits per heavy atom. The van der Waals surface area contributed by atoms with E-state index < -0.39 is 23.5 Å². The monoisotopic (exact) mass is 382 g/mol. The number of esters is 1. The van der Waals surface area contributed by atoms with Crippen LogP contribution in [-0.4, -0.2) is 34.9 Å². The van der Waals surface area contributed by atoms with Gasteiger partial charge in [-0.1, -0.05) is 30.3 Å². The lowest BCUT2D eigenvalue weighted by Crippen LogP contribution is -2.37. The Bertz CT molecular complexity index is 1090. The van der Waals surface area contributed by atoms with Crippen LogP contribution in [0.4, 0.5) is 4.39 Å². The molecule has 2 aromatic carbocycles. The molecule has 0 spiro atoms. The maximum Gasteiger partial charge on any atom is 0.339 e. The molecule has 3 aromatic rings. The van der Waals surface area contributed by atoms with E-state index in [0.29, 0.717) is 16.5 Å². The summed E-state index contributed by atoms with van der Waals surface area (Å²) in [5.41, 5.74) is 0.777. The number of para-hydroxylation sites is 1. The smallest absolute Gasteiger partial charge is 0.339 e. The Hall–Kier alpha value is -3.48. The van der Waals surface area contributed by atoms with Crippen molar-refractivity contribution in [2.45, 2.75) is 19.6 Å². The minimum Gasteiger partial charge on any atom is -0.449 e. The highest BCUT2D eigenvalue weighted by molar-refractivity contribution is 6.03. The molecule has 0 fully saturated rings. The van der Waals surface area contributed by atoms with Gasteiger partial charge >= 0.3 is 5.97 Å². The number of hydrogen-bond donors (Lipinski definition) is 1. The van der Waals surface area contributed by atoms with Crippen LogP contribution in [0.15, 0.2) is 59.4 Å². The van der Waals surface area contributed by atoms with E-state index in [1.165, 1.54) is 24.0 Å². The van der Waals surface area contributed by atoms with Crippen LogP contribution in [-0.2, 0) is 16.1 Å². The molecule has 0 aliphatic rings. The van der Waals surface area contributed by atoms with E-state index in [2.05, 4.69) is 4.98 Å². The van der Waals surface area contributed by atoms with Gasteiger partial charge in [0.15, 0.2) is 6.10 Å². The second-order valence-corrected chi connectivity index (χ2v) is 6.46. The molecular weight excluding hydrogens is 363 g/mol. The molecule has 3 rings (SSSR count). The van der Waals surface area contributed by atoms with Gasteiger partial charge in [-0.2, -0.15) is 0 Å². The summed E-state index contributed by atoms with van der Waals surface area (Å²) >= 11 is 0. The maximum atomic E-state index is 13.3. The van der Waals surface area contributed by atoms with Crippen LogP contribution in [0.3, 0.4) is 0 Å². The molecule has 144 valence electrons. The van der Waals surface area contributed by atoms with Crippen molar-refractivity contribution in [2.75, 3.05) is 7.05 Å². The number of rotatable bonds is 5. The molecule has 1 amide bonds. The number of aromatic amines is 1. The summed E-state index contributed by atoms with van der Waals surface area (Å²) in [6.45, 7) is 1.63. The number of ether oxygens (including phenoxy) is 1. The fourth-order valence-electron chi connectivity index (χ4n) is 2.95. The first kappa shape index (κ1) is 19.3. The van der Waals surface area contributed by atoms with Crippen molar-refractivity contribution in [3.8, 4) is 0 Å². The lowest BCUT2D eigenvalue weighted by molar-refractivity contribution is -0.139. The summed E-state index contributed by atoms with van der Waals surface area (Å²) in [7, 11) is 1.54. The molecular formula is C21H19FN2O4. The Labute approximate surface area is 160 Å². The van der Waals surface area contributed by atoms with Gasteiger partial charge in [-0.05, 0) is 30.7 Å². The predicted octanol–water partition coefficient (Wildman–Crippen LogP) is 2.87. The summed E-state index contributed by atoms with van der Waals surface area (Å²) in [4.78, 5) is 40.9. The first-order valence-electron chi connectivity index (χ1n) is 8.67. The second kappa shape index (κ2) is 8.04. The van der Waals surface area contributed by atoms with E-state index in [0.717, 1.165) is 6.07 Å². The second-order valence-electron chi connectivity index (χ2n) is 6.46. The molecule has 0 saturated carbocycles. The van der Waals surface area contributed by atoms with Crippen LogP contribution >= 0.6 is 0 Å². The number of carbonyl (C=O) groups excluding carboxylic acids is 2. The van der Waals surface area contributed by atoms with Crippen molar-refractivity contribution in [1.82, 2.24) is 9.88 Å². The highest BCUT2D eigenvalue weighted by Crippen LogP contribution is 2.17. The summed E-state index contributed by atoms with van der Waals surface area (Å²) in [5.74, 6) is -1.59. The average molecular weight is 382 g/mol. The number of nitrogens with one attached hydrogen (secondary N) is 1. The number of aromatic nitrogens is 1. The van der Waals surface area contributed by atoms with Gasteiger partial charge in [-0.3, -0.25) is 9.59 Å². The molecule has 0 bridgehead atoms. The SMILES string of the molecule is C[C@H](OC(=O)c1cc(=O)[nH]c2ccccc12)C(=O)N(C)Cc1cccc(F)c1. The van der Waals surface area contributed by atoms with Crippen LogP contribution in [0.2, 0.25) is 0 Å². The summed E-state index contributed by atoms with van der Waals surface area (Å²) in [6.07, 6.45) is -1.07. The zero-order valence-electron chi connectivity index (χ0n) is 15.4. The highest BCUT2D eigenvalue weighted by atomic mass is 19.1. The molecule has 1 heterocycles. The first-order valence-corrected chi connectivity index (χ1v) is 8.67. The third-order valence-electron chi connectivity index (χ3n) is 4.29. The van der Waals surface area contributed by atoms with Crippen LogP contribution < -0.4 is 5.56 Å². The lowest BCUT2D eigenvalue weighted by Gasteiger charge is -2.21. The minimum absolute atomic E-state index is 0.0896. The van der Waals surface area contributed by atoms with Gasteiger partial charge in [0.1, 0.15) is 5.82 Å². The number of hydrogen-bond acceptors (Lipinski definition) is 4. The van der Waals surface area contributed by atoms with Gasteiger partial charge in [0.2, 0.25) is 5.56 Å². The number of pyridine rings is 1. The third kappa shape index (κ3) is 4.25. The topological polar surface area (TPSA) is 79.5 Å². The molecule has 0 aliphatic carbocycles. The summed E-state index contributed by atoms with van der Waals surface area (Å²) in [5, 5.41) is 0.528. The van der Waals surface area contributed by atoms with Crippen molar-refractivity contribution in [3.63, 3.8) is 0 Å². The van der Waals surface area contributed by atoms with Gasteiger partial charge < -0.3 is 14.6 Å². The number of amides is 1. The largest absolute Gasteiger partial charge is 0.449 e. The summed E-state index contributed by atoms with van der Waals surface area (Å²) in [6, 6.07) is 13.9. The van der Waals surface area contributed by atoms with E-state index >= 15 is 0 Å². The molecule has 28 heavy (non-hydrogen) atoms. The number of nitrogens with zero attached hydrogens (tertiary/aromatic N) is 1. The van der Waals surface area contributed by atoms with Crippen molar-refractivity contribution >= 4 is 22.8 Å². The van der Waals surface area contributed by atoms with Gasteiger partial charge in [0, 0.05) is 30.6 Å². The molecule has 0 saturated heterocycles. The normalized spacial score (nSPS) is 11.8. The quantitative estimate of drug-likeness (QED) is 0.688. The number of halogens is 1. The summed E-state index contributed by atoms with van der Waals surface area (Å²) < 4.78 is 18.6. The molecule has 0 unspecified atom stereocenters. The van der Waals surface area contributed by atoms with Crippen LogP contribution in [0.25, 0.3) is 10.9 Å². The van der Waals surface area contributed by atoms with E-state index in [9.17, 15) is 18.8 Å². The Kier molecular flexibility index (Phi) is 5.54. The van der Waals surface area contributed by atoms with E-state index in [-0.39, 0.29) is 17.9 Å². The Morgan fingerprint density at radius 1 is 1.14 bits per heavy atom. The Balaban J connectivity index is 1.73. The van der Waals surface area contributed by atoms with E-state index in [4.69, 9.17) is 4.74 Å². The number of fused-ring (bicyclic) bond motifs is 1. The molecule has 1 atom stereocenters. The standard InChI is InChI=1S/C21H19FN2O4/c1-13(20(26)24(2)12-14-6-5-7-15(22)10-14)28-21(27)17-11-19(25)23-18-9-4-3-8-16(17)18/h3-11,13H,12H2,1-2H3,(H,23,25)/t13-/m0/s1. The van der Waals surface area contributed by atoms with Gasteiger partial charge in [0.25, 0.3) is 5.91 Å². The van der Waals surface area contributed by atoms with Gasteiger partial charge in [0.05, 0.1) is 5.56 Å². The molecule has 1 aromatic heterocycles. The van der Waals surface area contributed by atoms with Crippen molar-refractivity contribution in [3.05, 3.63) is 81.9 Å². The number of likely N-dealkylation sites (N-methyl/N-ethyl adjacent to an activating group) is 1. The fraction of sp³-hybridized carbons (Fsp3) is 0.190.